The molecule has 0 heterocycles. The molecule has 132 valence electrons. The minimum atomic E-state index is 0.459. The molecule has 1 N–H and O–H groups in total. The van der Waals surface area contributed by atoms with E-state index in [1.54, 1.807) is 24.3 Å². The lowest BCUT2D eigenvalue weighted by atomic mass is 10.1. The fraction of sp³-hybridized carbons (Fsp3) is 0.136. The van der Waals surface area contributed by atoms with Crippen LogP contribution in [0.25, 0.3) is 0 Å². The lowest BCUT2D eigenvalue weighted by molar-refractivity contribution is 0.313. The molecule has 0 saturated heterocycles. The zero-order chi connectivity index (χ0) is 18.7. The third-order valence-electron chi connectivity index (χ3n) is 4.38. The number of anilines is 1. The molecule has 3 rings (SSSR count). The Labute approximate surface area is 159 Å². The van der Waals surface area contributed by atoms with Crippen LogP contribution >= 0.6 is 11.6 Å². The van der Waals surface area contributed by atoms with Crippen molar-refractivity contribution in [3.63, 3.8) is 0 Å². The van der Waals surface area contributed by atoms with Gasteiger partial charge in [-0.05, 0) is 62.2 Å². The van der Waals surface area contributed by atoms with Crippen LogP contribution in [-0.4, -0.2) is 11.0 Å². The summed E-state index contributed by atoms with van der Waals surface area (Å²) in [5, 5.41) is 12.6. The van der Waals surface area contributed by atoms with Gasteiger partial charge in [0.25, 0.3) is 0 Å². The van der Waals surface area contributed by atoms with Crippen LogP contribution < -0.4 is 5.06 Å². The topological polar surface area (TPSA) is 35.8 Å². The highest BCUT2D eigenvalue weighted by Gasteiger charge is 2.15. The van der Waals surface area contributed by atoms with E-state index in [1.807, 2.05) is 50.2 Å². The first kappa shape index (κ1) is 18.2. The van der Waals surface area contributed by atoms with Gasteiger partial charge in [-0.2, -0.15) is 0 Å². The molecule has 0 aliphatic carbocycles. The number of nitrogens with zero attached hydrogens (tertiary/aromatic N) is 2. The predicted molar refractivity (Wildman–Crippen MR) is 109 cm³/mol. The molecule has 0 aliphatic rings. The molecular formula is C22H21ClN2O. The fourth-order valence-corrected chi connectivity index (χ4v) is 2.74. The Balaban J connectivity index is 2.12. The molecule has 3 nitrogen and oxygen atoms in total. The monoisotopic (exact) mass is 364 g/mol. The molecule has 0 fully saturated rings. The molecule has 0 saturated carbocycles. The fourth-order valence-electron chi connectivity index (χ4n) is 2.61. The second kappa shape index (κ2) is 7.73. The molecule has 3 aromatic rings. The smallest absolute Gasteiger partial charge is 0.165 e. The highest BCUT2D eigenvalue weighted by molar-refractivity contribution is 6.30. The number of aliphatic imine (C=N–C) groups is 1. The summed E-state index contributed by atoms with van der Waals surface area (Å²) in [5.41, 5.74) is 5.64. The Morgan fingerprint density at radius 2 is 1.54 bits per heavy atom. The molecule has 26 heavy (non-hydrogen) atoms. The van der Waals surface area contributed by atoms with Crippen LogP contribution in [-0.2, 0) is 0 Å². The number of hydrogen-bond donors (Lipinski definition) is 1. The Morgan fingerprint density at radius 3 is 2.19 bits per heavy atom. The van der Waals surface area contributed by atoms with E-state index >= 15 is 0 Å². The van der Waals surface area contributed by atoms with Gasteiger partial charge in [0.15, 0.2) is 5.84 Å². The number of hydroxylamine groups is 1. The molecule has 0 aromatic heterocycles. The maximum atomic E-state index is 10.9. The summed E-state index contributed by atoms with van der Waals surface area (Å²) in [6.07, 6.45) is 0. The highest BCUT2D eigenvalue weighted by atomic mass is 35.5. The van der Waals surface area contributed by atoms with Gasteiger partial charge < -0.3 is 0 Å². The van der Waals surface area contributed by atoms with E-state index in [2.05, 4.69) is 13.0 Å². The lowest BCUT2D eigenvalue weighted by Crippen LogP contribution is -2.28. The van der Waals surface area contributed by atoms with Crippen molar-refractivity contribution >= 4 is 28.8 Å². The van der Waals surface area contributed by atoms with E-state index in [0.717, 1.165) is 33.0 Å². The molecule has 0 unspecified atom stereocenters. The van der Waals surface area contributed by atoms with Gasteiger partial charge in [-0.25, -0.2) is 10.1 Å². The van der Waals surface area contributed by atoms with Crippen molar-refractivity contribution in [2.75, 3.05) is 5.06 Å². The summed E-state index contributed by atoms with van der Waals surface area (Å²) >= 11 is 5.97. The molecule has 0 radical (unpaired) electrons. The largest absolute Gasteiger partial charge is 0.282 e. The SMILES string of the molecule is Cc1ccc(C(=Nc2cccc(C)c2C)N(O)c2ccc(Cl)cc2)cc1. The number of benzene rings is 3. The van der Waals surface area contributed by atoms with Gasteiger partial charge in [0.05, 0.1) is 11.4 Å². The van der Waals surface area contributed by atoms with Crippen molar-refractivity contribution in [3.8, 4) is 0 Å². The number of aryl methyl sites for hydroxylation is 2. The second-order valence-corrected chi connectivity index (χ2v) is 6.75. The minimum absolute atomic E-state index is 0.459. The quantitative estimate of drug-likeness (QED) is 0.339. The number of hydrogen-bond acceptors (Lipinski definition) is 2. The molecule has 0 spiro atoms. The van der Waals surface area contributed by atoms with Crippen molar-refractivity contribution in [2.24, 2.45) is 4.99 Å². The van der Waals surface area contributed by atoms with Gasteiger partial charge in [-0.1, -0.05) is 53.6 Å². The van der Waals surface area contributed by atoms with Gasteiger partial charge in [-0.15, -0.1) is 0 Å². The highest BCUT2D eigenvalue weighted by Crippen LogP contribution is 2.25. The van der Waals surface area contributed by atoms with Gasteiger partial charge in [0, 0.05) is 10.6 Å². The molecule has 3 aromatic carbocycles. The van der Waals surface area contributed by atoms with Crippen molar-refractivity contribution in [1.82, 2.24) is 0 Å². The Morgan fingerprint density at radius 1 is 0.885 bits per heavy atom. The average Bonchev–Trinajstić information content (AvgIpc) is 2.64. The Hall–Kier alpha value is -2.62. The van der Waals surface area contributed by atoms with E-state index in [4.69, 9.17) is 16.6 Å². The van der Waals surface area contributed by atoms with Crippen molar-refractivity contribution in [2.45, 2.75) is 20.8 Å². The van der Waals surface area contributed by atoms with Crippen LogP contribution in [0.15, 0.2) is 71.7 Å². The van der Waals surface area contributed by atoms with Crippen molar-refractivity contribution in [1.29, 1.82) is 0 Å². The first-order valence-corrected chi connectivity index (χ1v) is 8.80. The molecular weight excluding hydrogens is 344 g/mol. The zero-order valence-corrected chi connectivity index (χ0v) is 15.8. The summed E-state index contributed by atoms with van der Waals surface area (Å²) < 4.78 is 0. The number of rotatable bonds is 3. The van der Waals surface area contributed by atoms with E-state index in [9.17, 15) is 5.21 Å². The third-order valence-corrected chi connectivity index (χ3v) is 4.64. The second-order valence-electron chi connectivity index (χ2n) is 6.31. The van der Waals surface area contributed by atoms with E-state index < -0.39 is 0 Å². The summed E-state index contributed by atoms with van der Waals surface area (Å²) in [4.78, 5) is 4.78. The van der Waals surface area contributed by atoms with Crippen molar-refractivity contribution < 1.29 is 5.21 Å². The van der Waals surface area contributed by atoms with Crippen LogP contribution in [0.1, 0.15) is 22.3 Å². The average molecular weight is 365 g/mol. The van der Waals surface area contributed by atoms with Crippen LogP contribution in [0.3, 0.4) is 0 Å². The van der Waals surface area contributed by atoms with E-state index in [-0.39, 0.29) is 0 Å². The van der Waals surface area contributed by atoms with Gasteiger partial charge >= 0.3 is 0 Å². The summed E-state index contributed by atoms with van der Waals surface area (Å²) in [6, 6.07) is 20.9. The standard InChI is InChI=1S/C22H21ClN2O/c1-15-7-9-18(10-8-15)22(24-21-6-4-5-16(2)17(21)3)25(26)20-13-11-19(23)12-14-20/h4-14,26H,1-3H3. The Bertz CT molecular complexity index is 931. The first-order chi connectivity index (χ1) is 12.5. The van der Waals surface area contributed by atoms with Crippen molar-refractivity contribution in [3.05, 3.63) is 94.0 Å². The minimum Gasteiger partial charge on any atom is -0.282 e. The normalized spacial score (nSPS) is 11.5. The molecule has 0 bridgehead atoms. The maximum Gasteiger partial charge on any atom is 0.165 e. The molecule has 0 amide bonds. The molecule has 0 atom stereocenters. The van der Waals surface area contributed by atoms with E-state index in [1.165, 1.54) is 0 Å². The number of amidine groups is 1. The van der Waals surface area contributed by atoms with Gasteiger partial charge in [-0.3, -0.25) is 5.21 Å². The summed E-state index contributed by atoms with van der Waals surface area (Å²) in [5.74, 6) is 0.459. The predicted octanol–water partition coefficient (Wildman–Crippen LogP) is 6.24. The zero-order valence-electron chi connectivity index (χ0n) is 15.1. The Kier molecular flexibility index (Phi) is 5.40. The van der Waals surface area contributed by atoms with E-state index in [0.29, 0.717) is 16.5 Å². The summed E-state index contributed by atoms with van der Waals surface area (Å²) in [6.45, 7) is 6.11. The third kappa shape index (κ3) is 3.96. The van der Waals surface area contributed by atoms with Crippen LogP contribution in [0.5, 0.6) is 0 Å². The van der Waals surface area contributed by atoms with Gasteiger partial charge in [0.2, 0.25) is 0 Å². The van der Waals surface area contributed by atoms with Crippen LogP contribution in [0.2, 0.25) is 5.02 Å². The van der Waals surface area contributed by atoms with Crippen LogP contribution in [0, 0.1) is 20.8 Å². The van der Waals surface area contributed by atoms with Gasteiger partial charge in [0.1, 0.15) is 0 Å². The number of halogens is 1. The molecule has 0 aliphatic heterocycles. The van der Waals surface area contributed by atoms with Crippen LogP contribution in [0.4, 0.5) is 11.4 Å². The molecule has 4 heteroatoms. The first-order valence-electron chi connectivity index (χ1n) is 8.42. The lowest BCUT2D eigenvalue weighted by Gasteiger charge is -2.20. The summed E-state index contributed by atoms with van der Waals surface area (Å²) in [7, 11) is 0. The maximum absolute atomic E-state index is 10.9.